The summed E-state index contributed by atoms with van der Waals surface area (Å²) in [5.41, 5.74) is 1.81. The summed E-state index contributed by atoms with van der Waals surface area (Å²) >= 11 is 10.6. The van der Waals surface area contributed by atoms with Crippen LogP contribution in [0.15, 0.2) is 36.5 Å². The summed E-state index contributed by atoms with van der Waals surface area (Å²) in [4.78, 5) is 20.9. The van der Waals surface area contributed by atoms with Crippen LogP contribution in [0.5, 0.6) is 0 Å². The summed E-state index contributed by atoms with van der Waals surface area (Å²) in [6.07, 6.45) is 3.01. The fourth-order valence-corrected chi connectivity index (χ4v) is 5.59. The third-order valence-corrected chi connectivity index (χ3v) is 7.59. The van der Waals surface area contributed by atoms with E-state index in [-0.39, 0.29) is 17.6 Å². The minimum atomic E-state index is -2.51. The van der Waals surface area contributed by atoms with Crippen LogP contribution >= 0.6 is 34.5 Å². The molecule has 1 aliphatic rings. The molecule has 162 valence electrons. The van der Waals surface area contributed by atoms with Gasteiger partial charge in [0.15, 0.2) is 0 Å². The van der Waals surface area contributed by atoms with Gasteiger partial charge in [0.05, 0.1) is 5.02 Å². The molecular formula is C19H14Cl2FN4O3S2-. The monoisotopic (exact) mass is 499 g/mol. The zero-order chi connectivity index (χ0) is 22.1. The number of aromatic nitrogens is 2. The smallest absolute Gasteiger partial charge is 0.258 e. The van der Waals surface area contributed by atoms with Crippen LogP contribution in [-0.2, 0) is 24.1 Å². The SMILES string of the molecule is O=C(Nc1ncc2c(n1)CCC(N(c1cc(Cl)c(Cl)s1)S(=O)[O-])C2)c1ccc(F)cc1. The Morgan fingerprint density at radius 3 is 2.71 bits per heavy atom. The number of halogens is 3. The molecule has 0 aliphatic heterocycles. The van der Waals surface area contributed by atoms with E-state index < -0.39 is 23.0 Å². The van der Waals surface area contributed by atoms with Crippen molar-refractivity contribution in [3.63, 3.8) is 0 Å². The van der Waals surface area contributed by atoms with E-state index in [1.807, 2.05) is 0 Å². The number of benzene rings is 1. The maximum absolute atomic E-state index is 13.0. The number of hydrogen-bond acceptors (Lipinski definition) is 6. The van der Waals surface area contributed by atoms with Crippen LogP contribution in [0.4, 0.5) is 15.3 Å². The standard InChI is InChI=1S/C19H15Cl2FN4O3S2/c20-14-8-16(30-17(14)21)26(31(28)29)13-5-6-15-11(7-13)9-23-19(24-15)25-18(27)10-1-3-12(22)4-2-10/h1-4,8-9,13H,5-7H2,(H,28,29)(H,23,24,25,27)/p-1. The molecule has 1 amide bonds. The second-order valence-electron chi connectivity index (χ2n) is 6.77. The predicted molar refractivity (Wildman–Crippen MR) is 118 cm³/mol. The summed E-state index contributed by atoms with van der Waals surface area (Å²) < 4.78 is 38.4. The van der Waals surface area contributed by atoms with Gasteiger partial charge in [0, 0.05) is 34.8 Å². The number of nitrogens with zero attached hydrogens (tertiary/aromatic N) is 3. The van der Waals surface area contributed by atoms with E-state index in [2.05, 4.69) is 15.3 Å². The summed E-state index contributed by atoms with van der Waals surface area (Å²) in [7, 11) is 0. The van der Waals surface area contributed by atoms with Crippen LogP contribution in [0, 0.1) is 5.82 Å². The molecule has 0 radical (unpaired) electrons. The molecular weight excluding hydrogens is 486 g/mol. The minimum absolute atomic E-state index is 0.132. The van der Waals surface area contributed by atoms with Crippen LogP contribution in [0.25, 0.3) is 0 Å². The molecule has 0 saturated heterocycles. The molecule has 3 aromatic rings. The molecule has 2 atom stereocenters. The minimum Gasteiger partial charge on any atom is -0.755 e. The first-order chi connectivity index (χ1) is 14.8. The van der Waals surface area contributed by atoms with Crippen molar-refractivity contribution < 1.29 is 17.9 Å². The van der Waals surface area contributed by atoms with Crippen LogP contribution in [0.2, 0.25) is 9.36 Å². The van der Waals surface area contributed by atoms with Gasteiger partial charge in [-0.3, -0.25) is 18.6 Å². The highest BCUT2D eigenvalue weighted by Crippen LogP contribution is 2.40. The number of anilines is 2. The van der Waals surface area contributed by atoms with Gasteiger partial charge >= 0.3 is 0 Å². The lowest BCUT2D eigenvalue weighted by Crippen LogP contribution is -2.40. The molecule has 31 heavy (non-hydrogen) atoms. The molecule has 1 aliphatic carbocycles. The molecule has 0 bridgehead atoms. The first-order valence-electron chi connectivity index (χ1n) is 9.07. The molecule has 4 rings (SSSR count). The quantitative estimate of drug-likeness (QED) is 0.524. The Hall–Kier alpha value is -2.11. The molecule has 12 heteroatoms. The van der Waals surface area contributed by atoms with Gasteiger partial charge in [-0.05, 0) is 55.2 Å². The van der Waals surface area contributed by atoms with Crippen molar-refractivity contribution in [3.8, 4) is 0 Å². The van der Waals surface area contributed by atoms with Crippen LogP contribution < -0.4 is 9.62 Å². The highest BCUT2D eigenvalue weighted by molar-refractivity contribution is 7.81. The molecule has 2 aromatic heterocycles. The van der Waals surface area contributed by atoms with Gasteiger partial charge < -0.3 is 4.55 Å². The van der Waals surface area contributed by atoms with Crippen LogP contribution in [0.1, 0.15) is 28.0 Å². The number of carbonyl (C=O) groups is 1. The number of carbonyl (C=O) groups excluding carboxylic acids is 1. The molecule has 1 aromatic carbocycles. The Balaban J connectivity index is 1.50. The van der Waals surface area contributed by atoms with E-state index in [1.54, 1.807) is 6.20 Å². The van der Waals surface area contributed by atoms with Crippen molar-refractivity contribution in [3.05, 3.63) is 68.5 Å². The van der Waals surface area contributed by atoms with Crippen molar-refractivity contribution in [1.29, 1.82) is 0 Å². The lowest BCUT2D eigenvalue weighted by molar-refractivity contribution is 0.102. The van der Waals surface area contributed by atoms with Crippen molar-refractivity contribution in [1.82, 2.24) is 9.97 Å². The molecule has 0 saturated carbocycles. The second-order valence-corrected chi connectivity index (χ2v) is 9.64. The Labute approximate surface area is 193 Å². The number of nitrogens with one attached hydrogen (secondary N) is 1. The lowest BCUT2D eigenvalue weighted by atomic mass is 9.93. The number of fused-ring (bicyclic) bond motifs is 1. The zero-order valence-corrected chi connectivity index (χ0v) is 18.8. The number of thiophene rings is 1. The third-order valence-electron chi connectivity index (χ3n) is 4.80. The summed E-state index contributed by atoms with van der Waals surface area (Å²) in [5, 5.41) is 3.34. The molecule has 2 heterocycles. The zero-order valence-electron chi connectivity index (χ0n) is 15.7. The second kappa shape index (κ2) is 9.17. The Morgan fingerprint density at radius 2 is 2.06 bits per heavy atom. The number of amides is 1. The molecule has 0 spiro atoms. The summed E-state index contributed by atoms with van der Waals surface area (Å²) in [6.45, 7) is 0. The first-order valence-corrected chi connectivity index (χ1v) is 11.7. The van der Waals surface area contributed by atoms with Crippen LogP contribution in [-0.4, -0.2) is 30.7 Å². The Kier molecular flexibility index (Phi) is 6.54. The van der Waals surface area contributed by atoms with Crippen molar-refractivity contribution in [2.75, 3.05) is 9.62 Å². The molecule has 2 unspecified atom stereocenters. The molecule has 7 nitrogen and oxygen atoms in total. The third kappa shape index (κ3) is 4.88. The van der Waals surface area contributed by atoms with Gasteiger partial charge in [-0.25, -0.2) is 14.4 Å². The van der Waals surface area contributed by atoms with E-state index in [9.17, 15) is 17.9 Å². The largest absolute Gasteiger partial charge is 0.755 e. The Bertz CT molecular complexity index is 1140. The highest BCUT2D eigenvalue weighted by Gasteiger charge is 2.28. The average molecular weight is 500 g/mol. The van der Waals surface area contributed by atoms with Gasteiger partial charge in [-0.1, -0.05) is 23.2 Å². The van der Waals surface area contributed by atoms with Crippen LogP contribution in [0.3, 0.4) is 0 Å². The molecule has 0 fully saturated rings. The highest BCUT2D eigenvalue weighted by atomic mass is 35.5. The summed E-state index contributed by atoms with van der Waals surface area (Å²) in [5.74, 6) is -0.753. The number of aryl methyl sites for hydroxylation is 1. The molecule has 1 N–H and O–H groups in total. The van der Waals surface area contributed by atoms with Gasteiger partial charge in [-0.15, -0.1) is 11.3 Å². The topological polar surface area (TPSA) is 98.2 Å². The van der Waals surface area contributed by atoms with Gasteiger partial charge in [0.25, 0.3) is 5.91 Å². The van der Waals surface area contributed by atoms with E-state index in [1.165, 1.54) is 34.6 Å². The first kappa shape index (κ1) is 22.1. The van der Waals surface area contributed by atoms with E-state index >= 15 is 0 Å². The summed E-state index contributed by atoms with van der Waals surface area (Å²) in [6, 6.07) is 6.33. The van der Waals surface area contributed by atoms with Crippen molar-refractivity contribution in [2.24, 2.45) is 0 Å². The lowest BCUT2D eigenvalue weighted by Gasteiger charge is -2.36. The maximum Gasteiger partial charge on any atom is 0.258 e. The van der Waals surface area contributed by atoms with E-state index in [0.29, 0.717) is 33.6 Å². The fourth-order valence-electron chi connectivity index (χ4n) is 3.34. The van der Waals surface area contributed by atoms with Crippen molar-refractivity contribution >= 4 is 62.7 Å². The average Bonchev–Trinajstić information content (AvgIpc) is 3.06. The van der Waals surface area contributed by atoms with Gasteiger partial charge in [-0.2, -0.15) is 0 Å². The Morgan fingerprint density at radius 1 is 1.32 bits per heavy atom. The van der Waals surface area contributed by atoms with Crippen molar-refractivity contribution in [2.45, 2.75) is 25.3 Å². The number of hydrogen-bond donors (Lipinski definition) is 1. The van der Waals surface area contributed by atoms with Gasteiger partial charge in [0.1, 0.15) is 15.2 Å². The van der Waals surface area contributed by atoms with E-state index in [4.69, 9.17) is 23.2 Å². The van der Waals surface area contributed by atoms with E-state index in [0.717, 1.165) is 22.6 Å². The fraction of sp³-hybridized carbons (Fsp3) is 0.211. The predicted octanol–water partition coefficient (Wildman–Crippen LogP) is 4.39. The maximum atomic E-state index is 13.0. The number of rotatable bonds is 5. The normalized spacial score (nSPS) is 16.5. The van der Waals surface area contributed by atoms with Gasteiger partial charge in [0.2, 0.25) is 5.95 Å².